The highest BCUT2D eigenvalue weighted by Crippen LogP contribution is 2.66. The highest BCUT2D eigenvalue weighted by Gasteiger charge is 2.63. The zero-order valence-electron chi connectivity index (χ0n) is 14.0. The van der Waals surface area contributed by atoms with E-state index in [0.717, 1.165) is 43.4 Å². The van der Waals surface area contributed by atoms with Crippen molar-refractivity contribution >= 4 is 0 Å². The Bertz CT molecular complexity index is 527. The maximum atomic E-state index is 11.1. The third kappa shape index (κ3) is 1.77. The van der Waals surface area contributed by atoms with Crippen molar-refractivity contribution in [3.05, 3.63) is 11.6 Å². The monoisotopic (exact) mass is 298 g/mol. The first-order chi connectivity index (χ1) is 10.6. The van der Waals surface area contributed by atoms with Crippen LogP contribution < -0.4 is 0 Å². The van der Waals surface area contributed by atoms with Crippen molar-refractivity contribution in [1.82, 2.24) is 0 Å². The van der Waals surface area contributed by atoms with E-state index in [-0.39, 0.29) is 5.41 Å². The molecule has 0 aromatic rings. The molecule has 3 saturated carbocycles. The van der Waals surface area contributed by atoms with Crippen LogP contribution in [0.15, 0.2) is 11.6 Å². The summed E-state index contributed by atoms with van der Waals surface area (Å²) in [7, 11) is 0. The minimum absolute atomic E-state index is 0.0127. The van der Waals surface area contributed by atoms with Gasteiger partial charge in [0.25, 0.3) is 0 Å². The van der Waals surface area contributed by atoms with Gasteiger partial charge < -0.3 is 5.11 Å². The second kappa shape index (κ2) is 5.13. The molecule has 0 aromatic carbocycles. The van der Waals surface area contributed by atoms with Gasteiger partial charge in [0.15, 0.2) is 0 Å². The summed E-state index contributed by atoms with van der Waals surface area (Å²) in [6, 6.07) is 0. The van der Waals surface area contributed by atoms with E-state index in [1.165, 1.54) is 38.5 Å². The minimum Gasteiger partial charge on any atom is -0.377 e. The normalized spacial score (nSPS) is 50.3. The Morgan fingerprint density at radius 3 is 2.86 bits per heavy atom. The number of terminal acetylenes is 1. The largest absolute Gasteiger partial charge is 0.377 e. The number of aliphatic hydroxyl groups is 1. The van der Waals surface area contributed by atoms with E-state index in [4.69, 9.17) is 6.42 Å². The molecular formula is C21H30O. The van der Waals surface area contributed by atoms with Gasteiger partial charge in [0, 0.05) is 5.41 Å². The first-order valence-corrected chi connectivity index (χ1v) is 9.54. The van der Waals surface area contributed by atoms with Gasteiger partial charge in [-0.2, -0.15) is 0 Å². The Kier molecular flexibility index (Phi) is 3.46. The summed E-state index contributed by atoms with van der Waals surface area (Å²) in [4.78, 5) is 0. The molecule has 22 heavy (non-hydrogen) atoms. The Morgan fingerprint density at radius 2 is 2.09 bits per heavy atom. The standard InChI is InChI=1S/C21H30O/c1-3-20-13-11-17-16-8-6-5-7-15(16)9-10-18(17)19(20)12-14-21(20,22)4-2/h2,7,16-19,22H,3,5-6,8-14H2,1H3/t16-,17+,18+,19-,20?,21?/m0/s1. The molecule has 0 radical (unpaired) electrons. The van der Waals surface area contributed by atoms with Gasteiger partial charge in [0.1, 0.15) is 5.60 Å². The summed E-state index contributed by atoms with van der Waals surface area (Å²) in [5.41, 5.74) is 0.959. The zero-order chi connectivity index (χ0) is 15.4. The van der Waals surface area contributed by atoms with E-state index in [0.29, 0.717) is 5.92 Å². The summed E-state index contributed by atoms with van der Waals surface area (Å²) in [6.07, 6.45) is 20.6. The summed E-state index contributed by atoms with van der Waals surface area (Å²) in [5, 5.41) is 11.1. The van der Waals surface area contributed by atoms with Crippen LogP contribution >= 0.6 is 0 Å². The molecule has 120 valence electrons. The molecule has 0 aromatic heterocycles. The van der Waals surface area contributed by atoms with Gasteiger partial charge in [-0.25, -0.2) is 0 Å². The van der Waals surface area contributed by atoms with Crippen LogP contribution in [0.2, 0.25) is 0 Å². The molecule has 0 saturated heterocycles. The second-order valence-electron chi connectivity index (χ2n) is 8.38. The van der Waals surface area contributed by atoms with Crippen LogP contribution in [0.3, 0.4) is 0 Å². The van der Waals surface area contributed by atoms with Crippen LogP contribution in [0.5, 0.6) is 0 Å². The first kappa shape index (κ1) is 14.8. The van der Waals surface area contributed by atoms with Crippen LogP contribution in [0.4, 0.5) is 0 Å². The topological polar surface area (TPSA) is 20.2 Å². The average Bonchev–Trinajstić information content (AvgIpc) is 2.89. The summed E-state index contributed by atoms with van der Waals surface area (Å²) in [5.74, 6) is 6.05. The Morgan fingerprint density at radius 1 is 1.23 bits per heavy atom. The minimum atomic E-state index is -0.833. The van der Waals surface area contributed by atoms with Crippen LogP contribution in [0.1, 0.15) is 71.1 Å². The lowest BCUT2D eigenvalue weighted by atomic mass is 9.49. The molecule has 4 aliphatic carbocycles. The molecule has 3 fully saturated rings. The van der Waals surface area contributed by atoms with Crippen LogP contribution in [0.25, 0.3) is 0 Å². The number of fused-ring (bicyclic) bond motifs is 5. The van der Waals surface area contributed by atoms with E-state index in [1.54, 1.807) is 5.57 Å². The molecular weight excluding hydrogens is 268 g/mol. The maximum absolute atomic E-state index is 11.1. The van der Waals surface area contributed by atoms with Gasteiger partial charge in [-0.3, -0.25) is 0 Å². The second-order valence-corrected chi connectivity index (χ2v) is 8.38. The van der Waals surface area contributed by atoms with Crippen molar-refractivity contribution in [1.29, 1.82) is 0 Å². The van der Waals surface area contributed by atoms with Crippen molar-refractivity contribution in [2.24, 2.45) is 29.1 Å². The molecule has 6 atom stereocenters. The molecule has 1 N–H and O–H groups in total. The Labute approximate surface area is 135 Å². The number of hydrogen-bond acceptors (Lipinski definition) is 1. The SMILES string of the molecule is C#CC1(O)CC[C@H]2[C@@H]3CCC4=CCCC[C@@H]4[C@H]3CCC21CC. The van der Waals surface area contributed by atoms with Gasteiger partial charge in [0.2, 0.25) is 0 Å². The molecule has 4 rings (SSSR count). The van der Waals surface area contributed by atoms with Crippen molar-refractivity contribution < 1.29 is 5.11 Å². The van der Waals surface area contributed by atoms with E-state index >= 15 is 0 Å². The van der Waals surface area contributed by atoms with Gasteiger partial charge >= 0.3 is 0 Å². The lowest BCUT2D eigenvalue weighted by Gasteiger charge is -2.56. The lowest BCUT2D eigenvalue weighted by Crippen LogP contribution is -2.53. The van der Waals surface area contributed by atoms with Crippen molar-refractivity contribution in [2.75, 3.05) is 0 Å². The number of allylic oxidation sites excluding steroid dienone is 2. The molecule has 1 heteroatoms. The molecule has 1 nitrogen and oxygen atoms in total. The van der Waals surface area contributed by atoms with Gasteiger partial charge in [-0.1, -0.05) is 24.5 Å². The molecule has 4 aliphatic rings. The third-order valence-electron chi connectivity index (χ3n) is 8.10. The number of rotatable bonds is 1. The molecule has 2 unspecified atom stereocenters. The van der Waals surface area contributed by atoms with Gasteiger partial charge in [-0.15, -0.1) is 6.42 Å². The van der Waals surface area contributed by atoms with Gasteiger partial charge in [0.05, 0.1) is 0 Å². The van der Waals surface area contributed by atoms with E-state index in [2.05, 4.69) is 18.9 Å². The van der Waals surface area contributed by atoms with Crippen LogP contribution in [-0.2, 0) is 0 Å². The van der Waals surface area contributed by atoms with Gasteiger partial charge in [-0.05, 0) is 87.9 Å². The fourth-order valence-electron chi connectivity index (χ4n) is 7.08. The van der Waals surface area contributed by atoms with E-state index in [9.17, 15) is 5.11 Å². The summed E-state index contributed by atoms with van der Waals surface area (Å²) < 4.78 is 0. The lowest BCUT2D eigenvalue weighted by molar-refractivity contribution is -0.0993. The third-order valence-corrected chi connectivity index (χ3v) is 8.10. The molecule has 0 amide bonds. The summed E-state index contributed by atoms with van der Waals surface area (Å²) >= 11 is 0. The highest BCUT2D eigenvalue weighted by molar-refractivity contribution is 5.26. The molecule has 0 spiro atoms. The van der Waals surface area contributed by atoms with Crippen molar-refractivity contribution in [3.8, 4) is 12.3 Å². The predicted molar refractivity (Wildman–Crippen MR) is 90.1 cm³/mol. The first-order valence-electron chi connectivity index (χ1n) is 9.54. The quantitative estimate of drug-likeness (QED) is 0.549. The Hall–Kier alpha value is -0.740. The smallest absolute Gasteiger partial charge is 0.131 e. The molecule has 0 bridgehead atoms. The fourth-order valence-corrected chi connectivity index (χ4v) is 7.08. The molecule has 0 heterocycles. The predicted octanol–water partition coefficient (Wildman–Crippen LogP) is 4.70. The highest BCUT2D eigenvalue weighted by atomic mass is 16.3. The number of hydrogen-bond donors (Lipinski definition) is 1. The maximum Gasteiger partial charge on any atom is 0.131 e. The molecule has 0 aliphatic heterocycles. The average molecular weight is 298 g/mol. The van der Waals surface area contributed by atoms with E-state index < -0.39 is 5.60 Å². The summed E-state index contributed by atoms with van der Waals surface area (Å²) in [6.45, 7) is 2.26. The Balaban J connectivity index is 1.68. The van der Waals surface area contributed by atoms with Crippen molar-refractivity contribution in [3.63, 3.8) is 0 Å². The van der Waals surface area contributed by atoms with Crippen LogP contribution in [0, 0.1) is 41.4 Å². The van der Waals surface area contributed by atoms with Crippen molar-refractivity contribution in [2.45, 2.75) is 76.7 Å². The fraction of sp³-hybridized carbons (Fsp3) is 0.810. The van der Waals surface area contributed by atoms with E-state index in [1.807, 2.05) is 0 Å². The van der Waals surface area contributed by atoms with Crippen LogP contribution in [-0.4, -0.2) is 10.7 Å². The zero-order valence-corrected chi connectivity index (χ0v) is 14.0.